The third-order valence-corrected chi connectivity index (χ3v) is 3.69. The van der Waals surface area contributed by atoms with Crippen LogP contribution in [-0.4, -0.2) is 12.5 Å². The van der Waals surface area contributed by atoms with E-state index in [1.165, 1.54) is 6.07 Å². The first-order chi connectivity index (χ1) is 10.5. The van der Waals surface area contributed by atoms with Crippen LogP contribution in [0.15, 0.2) is 36.4 Å². The van der Waals surface area contributed by atoms with Gasteiger partial charge < -0.3 is 10.6 Å². The SMILES string of the molecule is CCNCc1ccccc1NC(=O)c1cc(F)c(Cl)cc1Cl. The first kappa shape index (κ1) is 16.7. The van der Waals surface area contributed by atoms with Crippen LogP contribution in [0.25, 0.3) is 0 Å². The van der Waals surface area contributed by atoms with Crippen LogP contribution in [0, 0.1) is 5.82 Å². The van der Waals surface area contributed by atoms with Gasteiger partial charge in [0.05, 0.1) is 15.6 Å². The second-order valence-electron chi connectivity index (χ2n) is 4.64. The summed E-state index contributed by atoms with van der Waals surface area (Å²) < 4.78 is 13.5. The molecule has 2 aromatic rings. The molecule has 2 aromatic carbocycles. The lowest BCUT2D eigenvalue weighted by Gasteiger charge is -2.12. The van der Waals surface area contributed by atoms with Crippen LogP contribution in [0.5, 0.6) is 0 Å². The van der Waals surface area contributed by atoms with Crippen molar-refractivity contribution >= 4 is 34.8 Å². The normalized spacial score (nSPS) is 10.5. The Morgan fingerprint density at radius 3 is 2.64 bits per heavy atom. The number of nitrogens with one attached hydrogen (secondary N) is 2. The van der Waals surface area contributed by atoms with Crippen molar-refractivity contribution in [2.45, 2.75) is 13.5 Å². The van der Waals surface area contributed by atoms with Gasteiger partial charge in [-0.15, -0.1) is 0 Å². The van der Waals surface area contributed by atoms with Gasteiger partial charge in [-0.3, -0.25) is 4.79 Å². The van der Waals surface area contributed by atoms with Gasteiger partial charge in [0.1, 0.15) is 5.82 Å². The molecule has 116 valence electrons. The molecule has 22 heavy (non-hydrogen) atoms. The van der Waals surface area contributed by atoms with E-state index >= 15 is 0 Å². The number of carbonyl (C=O) groups excluding carboxylic acids is 1. The smallest absolute Gasteiger partial charge is 0.257 e. The van der Waals surface area contributed by atoms with Gasteiger partial charge in [-0.25, -0.2) is 4.39 Å². The average molecular weight is 341 g/mol. The molecule has 0 heterocycles. The van der Waals surface area contributed by atoms with Gasteiger partial charge in [-0.2, -0.15) is 0 Å². The van der Waals surface area contributed by atoms with Crippen molar-refractivity contribution in [3.63, 3.8) is 0 Å². The molecule has 0 aliphatic rings. The second kappa shape index (κ2) is 7.58. The molecule has 0 unspecified atom stereocenters. The van der Waals surface area contributed by atoms with Crippen LogP contribution in [0.3, 0.4) is 0 Å². The van der Waals surface area contributed by atoms with Crippen LogP contribution < -0.4 is 10.6 Å². The standard InChI is InChI=1S/C16H15Cl2FN2O/c1-2-20-9-10-5-3-4-6-15(10)21-16(22)11-7-14(19)13(18)8-12(11)17/h3-8,20H,2,9H2,1H3,(H,21,22). The first-order valence-electron chi connectivity index (χ1n) is 6.77. The molecule has 6 heteroatoms. The van der Waals surface area contributed by atoms with E-state index in [1.807, 2.05) is 25.1 Å². The number of rotatable bonds is 5. The molecule has 3 nitrogen and oxygen atoms in total. The van der Waals surface area contributed by atoms with E-state index in [9.17, 15) is 9.18 Å². The maximum atomic E-state index is 13.5. The lowest BCUT2D eigenvalue weighted by Crippen LogP contribution is -2.17. The lowest BCUT2D eigenvalue weighted by atomic mass is 10.1. The summed E-state index contributed by atoms with van der Waals surface area (Å²) in [5.41, 5.74) is 1.63. The van der Waals surface area contributed by atoms with Crippen molar-refractivity contribution in [3.8, 4) is 0 Å². The highest BCUT2D eigenvalue weighted by Gasteiger charge is 2.15. The Balaban J connectivity index is 2.24. The van der Waals surface area contributed by atoms with E-state index in [0.717, 1.165) is 18.2 Å². The van der Waals surface area contributed by atoms with Crippen LogP contribution in [0.1, 0.15) is 22.8 Å². The number of para-hydroxylation sites is 1. The quantitative estimate of drug-likeness (QED) is 0.787. The van der Waals surface area contributed by atoms with Gasteiger partial charge >= 0.3 is 0 Å². The second-order valence-corrected chi connectivity index (χ2v) is 5.45. The van der Waals surface area contributed by atoms with Crippen molar-refractivity contribution in [1.82, 2.24) is 5.32 Å². The molecule has 0 atom stereocenters. The number of hydrogen-bond donors (Lipinski definition) is 2. The summed E-state index contributed by atoms with van der Waals surface area (Å²) in [6.45, 7) is 3.43. The van der Waals surface area contributed by atoms with Crippen molar-refractivity contribution in [2.24, 2.45) is 0 Å². The number of halogens is 3. The molecule has 0 radical (unpaired) electrons. The van der Waals surface area contributed by atoms with Gasteiger partial charge in [-0.05, 0) is 30.3 Å². The number of anilines is 1. The van der Waals surface area contributed by atoms with Gasteiger partial charge in [0.25, 0.3) is 5.91 Å². The maximum Gasteiger partial charge on any atom is 0.257 e. The molecule has 0 aromatic heterocycles. The van der Waals surface area contributed by atoms with Gasteiger partial charge in [0.15, 0.2) is 0 Å². The van der Waals surface area contributed by atoms with E-state index in [4.69, 9.17) is 23.2 Å². The number of amides is 1. The van der Waals surface area contributed by atoms with Crippen LogP contribution in [0.4, 0.5) is 10.1 Å². The highest BCUT2D eigenvalue weighted by atomic mass is 35.5. The summed E-state index contributed by atoms with van der Waals surface area (Å²) >= 11 is 11.6. The number of carbonyl (C=O) groups is 1. The molecule has 0 spiro atoms. The van der Waals surface area contributed by atoms with E-state index in [2.05, 4.69) is 10.6 Å². The molecule has 0 saturated carbocycles. The van der Waals surface area contributed by atoms with E-state index < -0.39 is 11.7 Å². The third kappa shape index (κ3) is 3.97. The fraction of sp³-hybridized carbons (Fsp3) is 0.188. The summed E-state index contributed by atoms with van der Waals surface area (Å²) in [4.78, 5) is 12.3. The predicted molar refractivity (Wildman–Crippen MR) is 88.2 cm³/mol. The highest BCUT2D eigenvalue weighted by molar-refractivity contribution is 6.37. The van der Waals surface area contributed by atoms with Crippen molar-refractivity contribution in [2.75, 3.05) is 11.9 Å². The van der Waals surface area contributed by atoms with Crippen molar-refractivity contribution in [1.29, 1.82) is 0 Å². The molecule has 0 aliphatic heterocycles. The Labute approximate surface area is 138 Å². The number of hydrogen-bond acceptors (Lipinski definition) is 2. The van der Waals surface area contributed by atoms with Crippen LogP contribution in [0.2, 0.25) is 10.0 Å². The molecule has 1 amide bonds. The fourth-order valence-corrected chi connectivity index (χ4v) is 2.41. The summed E-state index contributed by atoms with van der Waals surface area (Å²) in [6.07, 6.45) is 0. The van der Waals surface area contributed by atoms with Crippen LogP contribution in [-0.2, 0) is 6.54 Å². The van der Waals surface area contributed by atoms with E-state index in [-0.39, 0.29) is 15.6 Å². The molecular formula is C16H15Cl2FN2O. The molecule has 0 aliphatic carbocycles. The first-order valence-corrected chi connectivity index (χ1v) is 7.53. The maximum absolute atomic E-state index is 13.5. The van der Waals surface area contributed by atoms with Gasteiger partial charge in [0.2, 0.25) is 0 Å². The Morgan fingerprint density at radius 1 is 1.18 bits per heavy atom. The summed E-state index contributed by atoms with van der Waals surface area (Å²) in [7, 11) is 0. The average Bonchev–Trinajstić information content (AvgIpc) is 2.50. The Hall–Kier alpha value is -1.62. The Bertz CT molecular complexity index is 692. The zero-order valence-corrected chi connectivity index (χ0v) is 13.4. The third-order valence-electron chi connectivity index (χ3n) is 3.09. The fourth-order valence-electron chi connectivity index (χ4n) is 1.94. The lowest BCUT2D eigenvalue weighted by molar-refractivity contribution is 0.102. The highest BCUT2D eigenvalue weighted by Crippen LogP contribution is 2.25. The molecule has 2 N–H and O–H groups in total. The minimum absolute atomic E-state index is 0.0434. The zero-order valence-electron chi connectivity index (χ0n) is 11.9. The molecule has 0 bridgehead atoms. The topological polar surface area (TPSA) is 41.1 Å². The van der Waals surface area contributed by atoms with Crippen molar-refractivity contribution in [3.05, 3.63) is 63.4 Å². The summed E-state index contributed by atoms with van der Waals surface area (Å²) in [5, 5.41) is 5.93. The zero-order chi connectivity index (χ0) is 16.1. The Kier molecular flexibility index (Phi) is 5.77. The monoisotopic (exact) mass is 340 g/mol. The van der Waals surface area contributed by atoms with E-state index in [1.54, 1.807) is 6.07 Å². The number of benzene rings is 2. The van der Waals surface area contributed by atoms with Crippen LogP contribution >= 0.6 is 23.2 Å². The van der Waals surface area contributed by atoms with Gasteiger partial charge in [-0.1, -0.05) is 48.3 Å². The Morgan fingerprint density at radius 2 is 1.91 bits per heavy atom. The predicted octanol–water partition coefficient (Wildman–Crippen LogP) is 4.49. The summed E-state index contributed by atoms with van der Waals surface area (Å²) in [6, 6.07) is 9.64. The molecule has 2 rings (SSSR count). The summed E-state index contributed by atoms with van der Waals surface area (Å²) in [5.74, 6) is -1.17. The minimum atomic E-state index is -0.683. The largest absolute Gasteiger partial charge is 0.322 e. The van der Waals surface area contributed by atoms with Gasteiger partial charge in [0, 0.05) is 12.2 Å². The minimum Gasteiger partial charge on any atom is -0.322 e. The molecule has 0 saturated heterocycles. The van der Waals surface area contributed by atoms with Crippen molar-refractivity contribution < 1.29 is 9.18 Å². The molecular weight excluding hydrogens is 326 g/mol. The molecule has 0 fully saturated rings. The van der Waals surface area contributed by atoms with E-state index in [0.29, 0.717) is 12.2 Å².